The lowest BCUT2D eigenvalue weighted by atomic mass is 10.1. The van der Waals surface area contributed by atoms with E-state index in [1.807, 2.05) is 43.5 Å². The third kappa shape index (κ3) is 5.35. The standard InChI is InChI=1S/C21H24N2O5S/c1-15-5-3-6-16(2)20(15)28-14-19(25)27-13-18(24)22-8-10-23(11-9-22)21(26)17-7-4-12-29-17/h3-7,12H,8-11,13-14H2,1-2H3. The summed E-state index contributed by atoms with van der Waals surface area (Å²) in [5, 5.41) is 1.87. The van der Waals surface area contributed by atoms with Crippen LogP contribution in [0.5, 0.6) is 5.75 Å². The minimum absolute atomic E-state index is 0.0119. The zero-order chi connectivity index (χ0) is 20.8. The highest BCUT2D eigenvalue weighted by atomic mass is 32.1. The summed E-state index contributed by atoms with van der Waals surface area (Å²) in [6.45, 7) is 5.01. The molecule has 1 aromatic heterocycles. The molecule has 8 heteroatoms. The highest BCUT2D eigenvalue weighted by molar-refractivity contribution is 7.12. The predicted molar refractivity (Wildman–Crippen MR) is 109 cm³/mol. The first kappa shape index (κ1) is 20.9. The Bertz CT molecular complexity index is 853. The van der Waals surface area contributed by atoms with E-state index in [0.717, 1.165) is 11.1 Å². The van der Waals surface area contributed by atoms with E-state index in [-0.39, 0.29) is 25.0 Å². The Morgan fingerprint density at radius 2 is 1.59 bits per heavy atom. The average molecular weight is 416 g/mol. The summed E-state index contributed by atoms with van der Waals surface area (Å²) in [5.41, 5.74) is 1.87. The number of hydrogen-bond acceptors (Lipinski definition) is 6. The smallest absolute Gasteiger partial charge is 0.344 e. The molecule has 0 spiro atoms. The van der Waals surface area contributed by atoms with Crippen LogP contribution in [0, 0.1) is 13.8 Å². The molecule has 2 aromatic rings. The van der Waals surface area contributed by atoms with E-state index in [2.05, 4.69) is 0 Å². The van der Waals surface area contributed by atoms with E-state index >= 15 is 0 Å². The number of amides is 2. The molecule has 154 valence electrons. The Labute approximate surface area is 173 Å². The van der Waals surface area contributed by atoms with Gasteiger partial charge < -0.3 is 19.3 Å². The summed E-state index contributed by atoms with van der Waals surface area (Å²) in [6.07, 6.45) is 0. The third-order valence-corrected chi connectivity index (χ3v) is 5.61. The van der Waals surface area contributed by atoms with Crippen LogP contribution in [-0.4, -0.2) is 67.0 Å². The van der Waals surface area contributed by atoms with Crippen LogP contribution in [0.1, 0.15) is 20.8 Å². The summed E-state index contributed by atoms with van der Waals surface area (Å²) in [7, 11) is 0. The molecular weight excluding hydrogens is 392 g/mol. The first-order chi connectivity index (χ1) is 14.0. The molecule has 1 saturated heterocycles. The van der Waals surface area contributed by atoms with Crippen LogP contribution in [0.4, 0.5) is 0 Å². The number of carbonyl (C=O) groups is 3. The van der Waals surface area contributed by atoms with E-state index in [9.17, 15) is 14.4 Å². The molecule has 0 aliphatic carbocycles. The monoisotopic (exact) mass is 416 g/mol. The molecule has 7 nitrogen and oxygen atoms in total. The Kier molecular flexibility index (Phi) is 6.87. The highest BCUT2D eigenvalue weighted by Crippen LogP contribution is 2.22. The molecule has 0 bridgehead atoms. The van der Waals surface area contributed by atoms with Gasteiger partial charge >= 0.3 is 5.97 Å². The lowest BCUT2D eigenvalue weighted by Crippen LogP contribution is -2.51. The molecule has 1 aliphatic rings. The Balaban J connectivity index is 1.40. The van der Waals surface area contributed by atoms with Gasteiger partial charge in [0.2, 0.25) is 0 Å². The van der Waals surface area contributed by atoms with Gasteiger partial charge in [0, 0.05) is 26.2 Å². The molecule has 0 radical (unpaired) electrons. The van der Waals surface area contributed by atoms with Gasteiger partial charge in [-0.15, -0.1) is 11.3 Å². The number of piperazine rings is 1. The van der Waals surface area contributed by atoms with Gasteiger partial charge in [0.25, 0.3) is 11.8 Å². The first-order valence-electron chi connectivity index (χ1n) is 9.41. The van der Waals surface area contributed by atoms with Crippen LogP contribution in [0.2, 0.25) is 0 Å². The van der Waals surface area contributed by atoms with Crippen molar-refractivity contribution in [3.8, 4) is 5.75 Å². The largest absolute Gasteiger partial charge is 0.481 e. The van der Waals surface area contributed by atoms with Crippen molar-refractivity contribution < 1.29 is 23.9 Å². The van der Waals surface area contributed by atoms with Gasteiger partial charge in [0.05, 0.1) is 4.88 Å². The summed E-state index contributed by atoms with van der Waals surface area (Å²) in [5.74, 6) is -0.217. The van der Waals surface area contributed by atoms with Gasteiger partial charge in [-0.25, -0.2) is 4.79 Å². The number of rotatable bonds is 6. The van der Waals surface area contributed by atoms with Gasteiger partial charge in [0.1, 0.15) is 5.75 Å². The summed E-state index contributed by atoms with van der Waals surface area (Å²) >= 11 is 1.41. The fourth-order valence-corrected chi connectivity index (χ4v) is 3.84. The zero-order valence-corrected chi connectivity index (χ0v) is 17.4. The SMILES string of the molecule is Cc1cccc(C)c1OCC(=O)OCC(=O)N1CCN(C(=O)c2cccs2)CC1. The number of aryl methyl sites for hydroxylation is 2. The van der Waals surface area contributed by atoms with Crippen LogP contribution >= 0.6 is 11.3 Å². The van der Waals surface area contributed by atoms with E-state index in [0.29, 0.717) is 36.8 Å². The number of nitrogens with zero attached hydrogens (tertiary/aromatic N) is 2. The van der Waals surface area contributed by atoms with E-state index in [4.69, 9.17) is 9.47 Å². The van der Waals surface area contributed by atoms with Crippen molar-refractivity contribution in [2.45, 2.75) is 13.8 Å². The third-order valence-electron chi connectivity index (χ3n) is 4.75. The number of hydrogen-bond donors (Lipinski definition) is 0. The van der Waals surface area contributed by atoms with Crippen LogP contribution in [-0.2, 0) is 14.3 Å². The lowest BCUT2D eigenvalue weighted by molar-refractivity contribution is -0.154. The fraction of sp³-hybridized carbons (Fsp3) is 0.381. The van der Waals surface area contributed by atoms with Crippen LogP contribution in [0.25, 0.3) is 0 Å². The molecule has 0 unspecified atom stereocenters. The zero-order valence-electron chi connectivity index (χ0n) is 16.6. The maximum atomic E-state index is 12.3. The minimum atomic E-state index is -0.590. The first-order valence-corrected chi connectivity index (χ1v) is 10.3. The van der Waals surface area contributed by atoms with Crippen molar-refractivity contribution in [1.29, 1.82) is 0 Å². The number of carbonyl (C=O) groups excluding carboxylic acids is 3. The van der Waals surface area contributed by atoms with E-state index in [1.54, 1.807) is 15.9 Å². The fourth-order valence-electron chi connectivity index (χ4n) is 3.15. The molecule has 2 heterocycles. The molecule has 1 aliphatic heterocycles. The number of thiophene rings is 1. The van der Waals surface area contributed by atoms with Crippen molar-refractivity contribution in [2.24, 2.45) is 0 Å². The lowest BCUT2D eigenvalue weighted by Gasteiger charge is -2.34. The summed E-state index contributed by atoms with van der Waals surface area (Å²) in [4.78, 5) is 40.6. The number of esters is 1. The van der Waals surface area contributed by atoms with E-state index < -0.39 is 5.97 Å². The molecule has 0 saturated carbocycles. The van der Waals surface area contributed by atoms with Crippen molar-refractivity contribution in [1.82, 2.24) is 9.80 Å². The summed E-state index contributed by atoms with van der Waals surface area (Å²) < 4.78 is 10.6. The van der Waals surface area contributed by atoms with Gasteiger partial charge in [-0.2, -0.15) is 0 Å². The molecule has 1 fully saturated rings. The normalized spacial score (nSPS) is 13.9. The maximum Gasteiger partial charge on any atom is 0.344 e. The van der Waals surface area contributed by atoms with Gasteiger partial charge in [-0.1, -0.05) is 24.3 Å². The molecule has 2 amide bonds. The minimum Gasteiger partial charge on any atom is -0.481 e. The average Bonchev–Trinajstić information content (AvgIpc) is 3.26. The maximum absolute atomic E-state index is 12.3. The van der Waals surface area contributed by atoms with Crippen molar-refractivity contribution >= 4 is 29.1 Å². The second-order valence-electron chi connectivity index (χ2n) is 6.82. The molecule has 0 N–H and O–H groups in total. The number of benzene rings is 1. The van der Waals surface area contributed by atoms with Crippen molar-refractivity contribution in [2.75, 3.05) is 39.4 Å². The molecule has 1 aromatic carbocycles. The molecule has 0 atom stereocenters. The van der Waals surface area contributed by atoms with Gasteiger partial charge in [-0.05, 0) is 36.4 Å². The second kappa shape index (κ2) is 9.56. The van der Waals surface area contributed by atoms with Gasteiger partial charge in [-0.3, -0.25) is 9.59 Å². The van der Waals surface area contributed by atoms with Gasteiger partial charge in [0.15, 0.2) is 13.2 Å². The van der Waals surface area contributed by atoms with Crippen molar-refractivity contribution in [3.63, 3.8) is 0 Å². The van der Waals surface area contributed by atoms with Crippen LogP contribution in [0.3, 0.4) is 0 Å². The summed E-state index contributed by atoms with van der Waals surface area (Å²) in [6, 6.07) is 9.36. The number of para-hydroxylation sites is 1. The van der Waals surface area contributed by atoms with Crippen molar-refractivity contribution in [3.05, 3.63) is 51.7 Å². The van der Waals surface area contributed by atoms with Crippen LogP contribution < -0.4 is 4.74 Å². The predicted octanol–water partition coefficient (Wildman–Crippen LogP) is 2.27. The number of ether oxygens (including phenoxy) is 2. The Morgan fingerprint density at radius 3 is 2.21 bits per heavy atom. The topological polar surface area (TPSA) is 76.2 Å². The molecule has 29 heavy (non-hydrogen) atoms. The molecule has 3 rings (SSSR count). The highest BCUT2D eigenvalue weighted by Gasteiger charge is 2.25. The molecular formula is C21H24N2O5S. The Hall–Kier alpha value is -2.87. The quantitative estimate of drug-likeness (QED) is 0.676. The Morgan fingerprint density at radius 1 is 0.931 bits per heavy atom. The van der Waals surface area contributed by atoms with Crippen LogP contribution in [0.15, 0.2) is 35.7 Å². The second-order valence-corrected chi connectivity index (χ2v) is 7.77. The van der Waals surface area contributed by atoms with E-state index in [1.165, 1.54) is 11.3 Å².